The normalized spacial score (nSPS) is 22.0. The molecule has 0 atom stereocenters. The van der Waals surface area contributed by atoms with Crippen molar-refractivity contribution in [2.24, 2.45) is 5.92 Å². The van der Waals surface area contributed by atoms with Gasteiger partial charge in [0.2, 0.25) is 0 Å². The molecular weight excluding hydrogens is 264 g/mol. The second kappa shape index (κ2) is 6.58. The van der Waals surface area contributed by atoms with Crippen molar-refractivity contribution in [3.8, 4) is 0 Å². The molecule has 0 N–H and O–H groups in total. The van der Waals surface area contributed by atoms with Crippen LogP contribution in [0.5, 0.6) is 0 Å². The van der Waals surface area contributed by atoms with Crippen molar-refractivity contribution < 1.29 is 9.53 Å². The second-order valence-electron chi connectivity index (χ2n) is 6.28. The number of nitrogens with zero attached hydrogens (tertiary/aromatic N) is 2. The number of hydrogen-bond acceptors (Lipinski definition) is 4. The maximum absolute atomic E-state index is 12.0. The van der Waals surface area contributed by atoms with Crippen molar-refractivity contribution in [1.29, 1.82) is 0 Å². The summed E-state index contributed by atoms with van der Waals surface area (Å²) in [6.07, 6.45) is 2.45. The highest BCUT2D eigenvalue weighted by atomic mass is 16.5. The third kappa shape index (κ3) is 3.63. The van der Waals surface area contributed by atoms with Gasteiger partial charge in [-0.1, -0.05) is 30.3 Å². The maximum atomic E-state index is 12.0. The van der Waals surface area contributed by atoms with Crippen molar-refractivity contribution in [3.05, 3.63) is 35.9 Å². The molecule has 4 nitrogen and oxygen atoms in total. The van der Waals surface area contributed by atoms with E-state index in [-0.39, 0.29) is 11.9 Å². The van der Waals surface area contributed by atoms with Gasteiger partial charge in [-0.15, -0.1) is 0 Å². The first-order valence-corrected chi connectivity index (χ1v) is 7.85. The average Bonchev–Trinajstić information content (AvgIpc) is 2.47. The van der Waals surface area contributed by atoms with Crippen molar-refractivity contribution in [2.75, 3.05) is 33.2 Å². The molecule has 2 heterocycles. The van der Waals surface area contributed by atoms with Gasteiger partial charge in [-0.05, 0) is 38.5 Å². The van der Waals surface area contributed by atoms with E-state index in [0.29, 0.717) is 12.6 Å². The summed E-state index contributed by atoms with van der Waals surface area (Å²) in [5.74, 6) is 0.0383. The molecule has 3 rings (SSSR count). The van der Waals surface area contributed by atoms with E-state index in [2.05, 4.69) is 16.8 Å². The Hall–Kier alpha value is -1.39. The molecule has 2 aliphatic heterocycles. The lowest BCUT2D eigenvalue weighted by Gasteiger charge is -2.45. The van der Waals surface area contributed by atoms with Gasteiger partial charge in [-0.25, -0.2) is 0 Å². The molecule has 2 fully saturated rings. The molecule has 0 spiro atoms. The zero-order valence-electron chi connectivity index (χ0n) is 12.7. The highest BCUT2D eigenvalue weighted by Gasteiger charge is 2.38. The molecule has 2 aliphatic rings. The number of likely N-dealkylation sites (tertiary alicyclic amines) is 2. The molecular formula is C17H24N2O2. The van der Waals surface area contributed by atoms with E-state index in [1.54, 1.807) is 0 Å². The van der Waals surface area contributed by atoms with Crippen molar-refractivity contribution in [1.82, 2.24) is 9.80 Å². The number of benzene rings is 1. The van der Waals surface area contributed by atoms with Gasteiger partial charge in [0.05, 0.1) is 5.92 Å². The zero-order valence-corrected chi connectivity index (χ0v) is 12.7. The van der Waals surface area contributed by atoms with Crippen LogP contribution in [0.15, 0.2) is 30.3 Å². The topological polar surface area (TPSA) is 32.8 Å². The molecule has 0 amide bonds. The van der Waals surface area contributed by atoms with Crippen LogP contribution < -0.4 is 0 Å². The van der Waals surface area contributed by atoms with E-state index in [4.69, 9.17) is 4.74 Å². The second-order valence-corrected chi connectivity index (χ2v) is 6.28. The molecule has 2 saturated heterocycles. The molecule has 0 aromatic heterocycles. The fourth-order valence-corrected chi connectivity index (χ4v) is 3.17. The van der Waals surface area contributed by atoms with Crippen LogP contribution in [-0.2, 0) is 16.1 Å². The Bertz CT molecular complexity index is 463. The first kappa shape index (κ1) is 14.5. The van der Waals surface area contributed by atoms with Crippen LogP contribution in [0, 0.1) is 5.92 Å². The van der Waals surface area contributed by atoms with Gasteiger partial charge in [0.1, 0.15) is 6.61 Å². The highest BCUT2D eigenvalue weighted by molar-refractivity contribution is 5.74. The molecule has 0 saturated carbocycles. The Kier molecular flexibility index (Phi) is 4.56. The molecule has 0 bridgehead atoms. The number of carbonyl (C=O) groups excluding carboxylic acids is 1. The van der Waals surface area contributed by atoms with Gasteiger partial charge < -0.3 is 9.64 Å². The predicted molar refractivity (Wildman–Crippen MR) is 81.8 cm³/mol. The smallest absolute Gasteiger partial charge is 0.311 e. The standard InChI is InChI=1S/C17H24N2O2/c1-18-9-7-16(8-10-18)19-11-15(12-19)17(20)21-13-14-5-3-2-4-6-14/h2-6,15-16H,7-13H2,1H3. The molecule has 4 heteroatoms. The highest BCUT2D eigenvalue weighted by Crippen LogP contribution is 2.25. The molecule has 0 radical (unpaired) electrons. The number of hydrogen-bond donors (Lipinski definition) is 0. The lowest BCUT2D eigenvalue weighted by molar-refractivity contribution is -0.157. The Morgan fingerprint density at radius 2 is 1.86 bits per heavy atom. The Balaban J connectivity index is 1.38. The van der Waals surface area contributed by atoms with Crippen molar-refractivity contribution in [3.63, 3.8) is 0 Å². The summed E-state index contributed by atoms with van der Waals surface area (Å²) in [7, 11) is 2.18. The van der Waals surface area contributed by atoms with Crippen LogP contribution >= 0.6 is 0 Å². The van der Waals surface area contributed by atoms with Crippen LogP contribution in [0.25, 0.3) is 0 Å². The van der Waals surface area contributed by atoms with Crippen LogP contribution in [0.1, 0.15) is 18.4 Å². The van der Waals surface area contributed by atoms with Crippen LogP contribution in [0.4, 0.5) is 0 Å². The minimum absolute atomic E-state index is 0.0389. The molecule has 1 aromatic carbocycles. The minimum atomic E-state index is -0.0389. The summed E-state index contributed by atoms with van der Waals surface area (Å²) in [4.78, 5) is 16.8. The molecule has 0 unspecified atom stereocenters. The largest absolute Gasteiger partial charge is 0.461 e. The summed E-state index contributed by atoms with van der Waals surface area (Å²) in [5.41, 5.74) is 1.05. The SMILES string of the molecule is CN1CCC(N2CC(C(=O)OCc3ccccc3)C2)CC1. The monoisotopic (exact) mass is 288 g/mol. The van der Waals surface area contributed by atoms with E-state index >= 15 is 0 Å². The summed E-state index contributed by atoms with van der Waals surface area (Å²) in [5, 5.41) is 0. The Morgan fingerprint density at radius 3 is 2.52 bits per heavy atom. The predicted octanol–water partition coefficient (Wildman–Crippen LogP) is 1.76. The number of rotatable bonds is 4. The number of esters is 1. The first-order chi connectivity index (χ1) is 10.2. The number of piperidine rings is 1. The van der Waals surface area contributed by atoms with Gasteiger partial charge in [-0.3, -0.25) is 9.69 Å². The molecule has 21 heavy (non-hydrogen) atoms. The molecule has 0 aliphatic carbocycles. The van der Waals surface area contributed by atoms with Gasteiger partial charge in [0.15, 0.2) is 0 Å². The van der Waals surface area contributed by atoms with Gasteiger partial charge >= 0.3 is 5.97 Å². The first-order valence-electron chi connectivity index (χ1n) is 7.85. The van der Waals surface area contributed by atoms with Gasteiger partial charge in [-0.2, -0.15) is 0 Å². The lowest BCUT2D eigenvalue weighted by Crippen LogP contribution is -2.57. The lowest BCUT2D eigenvalue weighted by atomic mass is 9.93. The maximum Gasteiger partial charge on any atom is 0.311 e. The fourth-order valence-electron chi connectivity index (χ4n) is 3.17. The minimum Gasteiger partial charge on any atom is -0.461 e. The van der Waals surface area contributed by atoms with Crippen LogP contribution in [0.2, 0.25) is 0 Å². The van der Waals surface area contributed by atoms with Gasteiger partial charge in [0, 0.05) is 19.1 Å². The van der Waals surface area contributed by atoms with Crippen molar-refractivity contribution in [2.45, 2.75) is 25.5 Å². The van der Waals surface area contributed by atoms with E-state index in [1.165, 1.54) is 25.9 Å². The van der Waals surface area contributed by atoms with Crippen LogP contribution in [0.3, 0.4) is 0 Å². The zero-order chi connectivity index (χ0) is 14.7. The third-order valence-corrected chi connectivity index (χ3v) is 4.67. The van der Waals surface area contributed by atoms with E-state index in [0.717, 1.165) is 18.7 Å². The fraction of sp³-hybridized carbons (Fsp3) is 0.588. The van der Waals surface area contributed by atoms with Crippen molar-refractivity contribution >= 4 is 5.97 Å². The van der Waals surface area contributed by atoms with Gasteiger partial charge in [0.25, 0.3) is 0 Å². The average molecular weight is 288 g/mol. The third-order valence-electron chi connectivity index (χ3n) is 4.67. The van der Waals surface area contributed by atoms with Crippen LogP contribution in [-0.4, -0.2) is 55.0 Å². The summed E-state index contributed by atoms with van der Waals surface area (Å²) < 4.78 is 5.41. The Morgan fingerprint density at radius 1 is 1.19 bits per heavy atom. The quantitative estimate of drug-likeness (QED) is 0.790. The molecule has 1 aromatic rings. The molecule has 114 valence electrons. The Labute approximate surface area is 126 Å². The number of carbonyl (C=O) groups is 1. The van der Waals surface area contributed by atoms with E-state index in [1.807, 2.05) is 30.3 Å². The van der Waals surface area contributed by atoms with E-state index < -0.39 is 0 Å². The summed E-state index contributed by atoms with van der Waals surface area (Å²) in [6.45, 7) is 4.49. The summed E-state index contributed by atoms with van der Waals surface area (Å²) >= 11 is 0. The van der Waals surface area contributed by atoms with E-state index in [9.17, 15) is 4.79 Å². The summed E-state index contributed by atoms with van der Waals surface area (Å²) in [6, 6.07) is 10.5. The number of ether oxygens (including phenoxy) is 1.